The maximum Gasteiger partial charge on any atom is 0.343 e. The van der Waals surface area contributed by atoms with Gasteiger partial charge in [0.2, 0.25) is 5.88 Å². The molecule has 0 aliphatic carbocycles. The molecule has 0 bridgehead atoms. The molecule has 34 heavy (non-hydrogen) atoms. The molecule has 0 saturated heterocycles. The number of nitrogens with two attached hydrogens (primary N) is 1. The molecule has 11 nitrogen and oxygen atoms in total. The number of esters is 1. The first-order valence-corrected chi connectivity index (χ1v) is 10.4. The highest BCUT2D eigenvalue weighted by atomic mass is 16.5. The number of fused-ring (bicyclic) bond motifs is 1. The van der Waals surface area contributed by atoms with Crippen molar-refractivity contribution in [3.05, 3.63) is 56.4 Å². The van der Waals surface area contributed by atoms with Crippen LogP contribution in [0.2, 0.25) is 0 Å². The minimum absolute atomic E-state index is 0.00600. The molecule has 2 heterocycles. The van der Waals surface area contributed by atoms with Gasteiger partial charge >= 0.3 is 5.97 Å². The maximum absolute atomic E-state index is 12.6. The average molecular weight is 469 g/mol. The molecule has 0 atom stereocenters. The number of allylic oxidation sites excluding steroid dienone is 1. The van der Waals surface area contributed by atoms with Gasteiger partial charge in [-0.3, -0.25) is 19.0 Å². The molecule has 2 N–H and O–H groups in total. The summed E-state index contributed by atoms with van der Waals surface area (Å²) in [5, 5.41) is 8.81. The Hall–Kier alpha value is -4.12. The molecule has 3 rings (SSSR count). The average Bonchev–Trinajstić information content (AvgIpc) is 3.07. The van der Waals surface area contributed by atoms with Crippen LogP contribution in [0.5, 0.6) is 5.88 Å². The van der Waals surface area contributed by atoms with E-state index in [0.29, 0.717) is 10.6 Å². The summed E-state index contributed by atoms with van der Waals surface area (Å²) in [5.41, 5.74) is 0.149. The summed E-state index contributed by atoms with van der Waals surface area (Å²) in [5.74, 6) is 3.46. The van der Waals surface area contributed by atoms with E-state index in [-0.39, 0.29) is 39.5 Å². The molecule has 1 aliphatic heterocycles. The fraction of sp³-hybridized carbons (Fsp3) is 0.304. The van der Waals surface area contributed by atoms with Gasteiger partial charge in [0.05, 0.1) is 31.0 Å². The van der Waals surface area contributed by atoms with Gasteiger partial charge in [0.15, 0.2) is 0 Å². The topological polar surface area (TPSA) is 146 Å². The monoisotopic (exact) mass is 469 g/mol. The van der Waals surface area contributed by atoms with E-state index in [0.717, 1.165) is 11.7 Å². The number of nitrogens with zero attached hydrogens (tertiary/aromatic N) is 4. The lowest BCUT2D eigenvalue weighted by Gasteiger charge is -2.14. The zero-order valence-corrected chi connectivity index (χ0v) is 20.1. The molecule has 0 radical (unpaired) electrons. The van der Waals surface area contributed by atoms with Crippen molar-refractivity contribution in [2.45, 2.75) is 27.7 Å². The Morgan fingerprint density at radius 3 is 2.24 bits per heavy atom. The van der Waals surface area contributed by atoms with Gasteiger partial charge in [-0.05, 0) is 25.5 Å². The van der Waals surface area contributed by atoms with E-state index >= 15 is 0 Å². The molecule has 0 saturated carbocycles. The highest BCUT2D eigenvalue weighted by Crippen LogP contribution is 2.37. The largest absolute Gasteiger partial charge is 0.481 e. The Labute approximate surface area is 196 Å². The molecule has 180 valence electrons. The van der Waals surface area contributed by atoms with Crippen LogP contribution in [0.15, 0.2) is 33.2 Å². The number of ether oxygens (including phenoxy) is 2. The number of imide groups is 1. The lowest BCUT2D eigenvalue weighted by atomic mass is 10.0. The van der Waals surface area contributed by atoms with E-state index in [1.165, 1.54) is 27.1 Å². The molecule has 0 spiro atoms. The van der Waals surface area contributed by atoms with Crippen molar-refractivity contribution >= 4 is 35.2 Å². The Morgan fingerprint density at radius 2 is 1.68 bits per heavy atom. The summed E-state index contributed by atoms with van der Waals surface area (Å²) in [6.45, 7) is 7.27. The van der Waals surface area contributed by atoms with Gasteiger partial charge in [-0.15, -0.1) is 10.2 Å². The van der Waals surface area contributed by atoms with E-state index in [1.54, 1.807) is 25.1 Å². The molecule has 0 unspecified atom stereocenters. The van der Waals surface area contributed by atoms with Gasteiger partial charge in [0, 0.05) is 12.6 Å². The molecule has 0 fully saturated rings. The van der Waals surface area contributed by atoms with E-state index in [9.17, 15) is 19.2 Å². The van der Waals surface area contributed by atoms with Crippen LogP contribution in [0.4, 0.5) is 11.4 Å². The van der Waals surface area contributed by atoms with Gasteiger partial charge in [-0.25, -0.2) is 15.6 Å². The normalized spacial score (nSPS) is 12.8. The van der Waals surface area contributed by atoms with Crippen LogP contribution >= 0.6 is 0 Å². The van der Waals surface area contributed by atoms with Gasteiger partial charge in [-0.1, -0.05) is 32.1 Å². The minimum Gasteiger partial charge on any atom is -0.481 e. The zero-order chi connectivity index (χ0) is 25.7. The molecular weight excluding hydrogens is 442 g/mol. The number of carbonyl (C=O) groups is 3. The number of pyridine rings is 1. The summed E-state index contributed by atoms with van der Waals surface area (Å²) < 4.78 is 11.1. The fourth-order valence-corrected chi connectivity index (χ4v) is 3.45. The third kappa shape index (κ3) is 4.25. The van der Waals surface area contributed by atoms with E-state index in [1.807, 2.05) is 13.8 Å². The van der Waals surface area contributed by atoms with Crippen LogP contribution in [0.3, 0.4) is 0 Å². The van der Waals surface area contributed by atoms with E-state index < -0.39 is 23.3 Å². The van der Waals surface area contributed by atoms with E-state index in [2.05, 4.69) is 10.2 Å². The number of amides is 2. The molecular formula is C23H27N5O6. The number of hydrazine groups is 1. The summed E-state index contributed by atoms with van der Waals surface area (Å²) in [7, 11) is 3.90. The van der Waals surface area contributed by atoms with Crippen molar-refractivity contribution in [1.29, 1.82) is 0 Å². The van der Waals surface area contributed by atoms with Gasteiger partial charge in [-0.2, -0.15) is 0 Å². The maximum atomic E-state index is 12.6. The summed E-state index contributed by atoms with van der Waals surface area (Å²) in [6, 6.07) is 3.13. The van der Waals surface area contributed by atoms with Crippen molar-refractivity contribution in [3.8, 4) is 5.88 Å². The van der Waals surface area contributed by atoms with Crippen molar-refractivity contribution in [2.75, 3.05) is 14.2 Å². The Kier molecular flexibility index (Phi) is 8.20. The molecule has 1 aliphatic rings. The Balaban J connectivity index is 0.00000199. The third-order valence-corrected chi connectivity index (χ3v) is 5.02. The first kappa shape index (κ1) is 26.1. The number of methoxy groups -OCH3 is 2. The lowest BCUT2D eigenvalue weighted by Crippen LogP contribution is -2.36. The first-order valence-electron chi connectivity index (χ1n) is 10.4. The second-order valence-electron chi connectivity index (χ2n) is 6.82. The van der Waals surface area contributed by atoms with Crippen LogP contribution in [-0.2, 0) is 11.8 Å². The fourth-order valence-electron chi connectivity index (χ4n) is 3.45. The molecule has 1 aromatic heterocycles. The quantitative estimate of drug-likeness (QED) is 0.232. The van der Waals surface area contributed by atoms with Gasteiger partial charge < -0.3 is 9.47 Å². The van der Waals surface area contributed by atoms with Crippen LogP contribution in [0, 0.1) is 6.92 Å². The number of azo groups is 1. The minimum atomic E-state index is -0.835. The Bertz CT molecular complexity index is 1280. The molecule has 11 heteroatoms. The smallest absolute Gasteiger partial charge is 0.343 e. The number of benzene rings is 1. The summed E-state index contributed by atoms with van der Waals surface area (Å²) >= 11 is 0. The van der Waals surface area contributed by atoms with Gasteiger partial charge in [0.25, 0.3) is 17.4 Å². The summed E-state index contributed by atoms with van der Waals surface area (Å²) in [6.07, 6.45) is 3.40. The van der Waals surface area contributed by atoms with Crippen LogP contribution in [0.1, 0.15) is 63.0 Å². The number of carbonyl (C=O) groups excluding carboxylic acids is 3. The SMILES string of the molecule is C/C=C/c1ccc(N=Nc2c(C)c(C(=O)OC)c(=O)n(C)c2OC)c2c1C(=O)N(N)C2=O.CC. The number of aromatic nitrogens is 1. The van der Waals surface area contributed by atoms with Crippen molar-refractivity contribution in [2.24, 2.45) is 23.1 Å². The van der Waals surface area contributed by atoms with Crippen LogP contribution in [-0.4, -0.2) is 41.6 Å². The van der Waals surface area contributed by atoms with Crippen molar-refractivity contribution in [1.82, 2.24) is 9.58 Å². The number of rotatable bonds is 5. The lowest BCUT2D eigenvalue weighted by molar-refractivity contribution is 0.0594. The standard InChI is InChI=1S/C21H21N5O6.C2H6/c1-6-7-11-8-9-12(15-14(11)18(28)26(22)19(15)29)23-24-16-10(2)13(21(30)32-5)17(27)25(3)20(16)31-4;1-2/h6-9H,22H2,1-5H3;1-2H3/b7-6+,24-23?;. The first-order chi connectivity index (χ1) is 16.2. The molecule has 1 aromatic carbocycles. The predicted octanol–water partition coefficient (Wildman–Crippen LogP) is 3.43. The van der Waals surface area contributed by atoms with Gasteiger partial charge in [0.1, 0.15) is 11.3 Å². The highest BCUT2D eigenvalue weighted by molar-refractivity contribution is 6.24. The van der Waals surface area contributed by atoms with Crippen LogP contribution < -0.4 is 16.1 Å². The van der Waals surface area contributed by atoms with Crippen molar-refractivity contribution < 1.29 is 23.9 Å². The van der Waals surface area contributed by atoms with E-state index in [4.69, 9.17) is 15.3 Å². The second-order valence-corrected chi connectivity index (χ2v) is 6.82. The zero-order valence-electron chi connectivity index (χ0n) is 20.1. The summed E-state index contributed by atoms with van der Waals surface area (Å²) in [4.78, 5) is 49.8. The Morgan fingerprint density at radius 1 is 1.06 bits per heavy atom. The third-order valence-electron chi connectivity index (χ3n) is 5.02. The highest BCUT2D eigenvalue weighted by Gasteiger charge is 2.38. The second kappa shape index (κ2) is 10.7. The van der Waals surface area contributed by atoms with Crippen LogP contribution in [0.25, 0.3) is 6.08 Å². The number of hydrogen-bond acceptors (Lipinski definition) is 9. The predicted molar refractivity (Wildman–Crippen MR) is 126 cm³/mol. The van der Waals surface area contributed by atoms with Crippen molar-refractivity contribution in [3.63, 3.8) is 0 Å². The number of hydrogen-bond donors (Lipinski definition) is 1. The molecule has 2 aromatic rings. The molecule has 2 amide bonds.